The van der Waals surface area contributed by atoms with Gasteiger partial charge in [0.2, 0.25) is 0 Å². The van der Waals surface area contributed by atoms with E-state index in [0.717, 1.165) is 51.4 Å². The predicted molar refractivity (Wildman–Crippen MR) is 307 cm³/mol. The minimum Gasteiger partial charge on any atom is -0.462 e. The highest BCUT2D eigenvalue weighted by Crippen LogP contribution is 2.19. The first-order valence-corrected chi connectivity index (χ1v) is 30.7. The number of unbranched alkanes of at least 4 members (excludes halogenated alkanes) is 30. The van der Waals surface area contributed by atoms with Crippen LogP contribution in [0.2, 0.25) is 0 Å². The zero-order valence-electron chi connectivity index (χ0n) is 48.8. The Hall–Kier alpha value is -1.84. The number of rotatable bonds is 42. The lowest BCUT2D eigenvalue weighted by molar-refractivity contribution is 0.0381. The van der Waals surface area contributed by atoms with Crippen molar-refractivity contribution >= 4 is 11.9 Å². The number of hydrogen-bond acceptors (Lipinski definition) is 4. The van der Waals surface area contributed by atoms with Crippen molar-refractivity contribution in [3.63, 3.8) is 0 Å². The summed E-state index contributed by atoms with van der Waals surface area (Å²) < 4.78 is 11.0. The highest BCUT2D eigenvalue weighted by atomic mass is 16.5. The molecule has 0 fully saturated rings. The molecule has 4 nitrogen and oxygen atoms in total. The van der Waals surface area contributed by atoms with Crippen LogP contribution in [0.5, 0.6) is 0 Å². The molecule has 68 heavy (non-hydrogen) atoms. The molecule has 0 bridgehead atoms. The predicted octanol–water partition coefficient (Wildman–Crippen LogP) is 23.0. The van der Waals surface area contributed by atoms with Crippen LogP contribution in [0.1, 0.15) is 361 Å². The summed E-state index contributed by atoms with van der Waals surface area (Å²) in [5, 5.41) is 0. The third-order valence-corrected chi connectivity index (χ3v) is 13.2. The van der Waals surface area contributed by atoms with E-state index in [9.17, 15) is 9.59 Å². The number of esters is 2. The first-order chi connectivity index (χ1) is 33.2. The molecule has 0 radical (unpaired) electrons. The monoisotopic (exact) mass is 959 g/mol. The third kappa shape index (κ3) is 56.7. The molecule has 0 saturated heterocycles. The smallest absolute Gasteiger partial charge is 0.339 e. The van der Waals surface area contributed by atoms with Crippen molar-refractivity contribution in [1.82, 2.24) is 0 Å². The van der Waals surface area contributed by atoms with Crippen molar-refractivity contribution in [2.45, 2.75) is 340 Å². The van der Waals surface area contributed by atoms with Crippen LogP contribution in [0.15, 0.2) is 24.3 Å². The molecule has 0 aromatic heterocycles. The summed E-state index contributed by atoms with van der Waals surface area (Å²) in [5.74, 6) is -0.153. The van der Waals surface area contributed by atoms with Crippen molar-refractivity contribution in [2.75, 3.05) is 13.2 Å². The van der Waals surface area contributed by atoms with Gasteiger partial charge in [-0.1, -0.05) is 339 Å². The Morgan fingerprint density at radius 1 is 0.309 bits per heavy atom. The summed E-state index contributed by atoms with van der Waals surface area (Å²) >= 11 is 0. The van der Waals surface area contributed by atoms with Crippen molar-refractivity contribution in [3.8, 4) is 0 Å². The van der Waals surface area contributed by atoms with Crippen LogP contribution in [0.4, 0.5) is 0 Å². The average molecular weight is 960 g/mol. The van der Waals surface area contributed by atoms with Gasteiger partial charge in [0.15, 0.2) is 0 Å². The molecule has 0 N–H and O–H groups in total. The molecule has 4 heteroatoms. The molecule has 0 saturated carbocycles. The fourth-order valence-corrected chi connectivity index (χ4v) is 8.01. The molecule has 0 aliphatic heterocycles. The largest absolute Gasteiger partial charge is 0.462 e. The minimum atomic E-state index is -0.444. The molecule has 1 aromatic rings. The standard InChI is InChI=1S/C24H38O4.4C10H22/c1-5-9-13-19(7-3)17-27-23(25)21-15-11-12-16-22(21)24(26)28-18-20(8-4)14-10-6-2;4*1-3-5-7-9-10-8-6-4-2/h11-12,15-16,19-20H,5-10,13-14,17-18H2,1-4H3;4*3-10H2,1-2H3. The molecule has 1 rings (SSSR count). The van der Waals surface area contributed by atoms with Gasteiger partial charge in [0.25, 0.3) is 0 Å². The molecular weight excluding hydrogens is 833 g/mol. The maximum absolute atomic E-state index is 12.6. The fourth-order valence-electron chi connectivity index (χ4n) is 8.01. The van der Waals surface area contributed by atoms with Crippen LogP contribution >= 0.6 is 0 Å². The summed E-state index contributed by atoms with van der Waals surface area (Å²) in [7, 11) is 0. The summed E-state index contributed by atoms with van der Waals surface area (Å²) in [6, 6.07) is 6.77. The Bertz CT molecular complexity index is 921. The topological polar surface area (TPSA) is 52.6 Å². The maximum atomic E-state index is 12.6. The van der Waals surface area contributed by atoms with Gasteiger partial charge in [0.05, 0.1) is 24.3 Å². The van der Waals surface area contributed by atoms with Gasteiger partial charge < -0.3 is 9.47 Å². The molecule has 1 aromatic carbocycles. The van der Waals surface area contributed by atoms with E-state index in [1.165, 1.54) is 205 Å². The summed E-state index contributed by atoms with van der Waals surface area (Å²) in [4.78, 5) is 25.1. The number of carbonyl (C=O) groups excluding carboxylic acids is 2. The second kappa shape index (κ2) is 65.2. The molecular formula is C64H126O4. The summed E-state index contributed by atoms with van der Waals surface area (Å²) in [6.45, 7) is 27.5. The van der Waals surface area contributed by atoms with E-state index < -0.39 is 11.9 Å². The molecule has 406 valence electrons. The van der Waals surface area contributed by atoms with Crippen LogP contribution in [0.25, 0.3) is 0 Å². The van der Waals surface area contributed by atoms with Gasteiger partial charge in [-0.2, -0.15) is 0 Å². The summed E-state index contributed by atoms with van der Waals surface area (Å²) in [5.41, 5.74) is 0.582. The quantitative estimate of drug-likeness (QED) is 0.0484. The Morgan fingerprint density at radius 3 is 0.676 bits per heavy atom. The van der Waals surface area contributed by atoms with E-state index in [0.29, 0.717) is 36.2 Å². The minimum absolute atomic E-state index is 0.291. The van der Waals surface area contributed by atoms with Crippen LogP contribution in [-0.4, -0.2) is 25.2 Å². The lowest BCUT2D eigenvalue weighted by Gasteiger charge is -2.17. The number of hydrogen-bond donors (Lipinski definition) is 0. The molecule has 0 spiro atoms. The lowest BCUT2D eigenvalue weighted by Crippen LogP contribution is -2.19. The Morgan fingerprint density at radius 2 is 0.500 bits per heavy atom. The van der Waals surface area contributed by atoms with Gasteiger partial charge in [-0.25, -0.2) is 9.59 Å². The van der Waals surface area contributed by atoms with E-state index in [1.807, 2.05) is 0 Å². The first kappa shape index (κ1) is 72.7. The Kier molecular flexibility index (Phi) is 69.7. The second-order valence-electron chi connectivity index (χ2n) is 20.1. The van der Waals surface area contributed by atoms with E-state index in [4.69, 9.17) is 9.47 Å². The molecule has 0 aliphatic rings. The van der Waals surface area contributed by atoms with Crippen LogP contribution in [-0.2, 0) is 9.47 Å². The fraction of sp³-hybridized carbons (Fsp3) is 0.875. The van der Waals surface area contributed by atoms with E-state index >= 15 is 0 Å². The van der Waals surface area contributed by atoms with Gasteiger partial charge in [-0.05, 0) is 36.8 Å². The van der Waals surface area contributed by atoms with E-state index in [1.54, 1.807) is 24.3 Å². The van der Waals surface area contributed by atoms with Crippen molar-refractivity contribution in [3.05, 3.63) is 35.4 Å². The molecule has 0 amide bonds. The van der Waals surface area contributed by atoms with Crippen LogP contribution in [0, 0.1) is 11.8 Å². The highest BCUT2D eigenvalue weighted by Gasteiger charge is 2.21. The zero-order valence-corrected chi connectivity index (χ0v) is 48.8. The Labute approximate surface area is 429 Å². The van der Waals surface area contributed by atoms with Gasteiger partial charge >= 0.3 is 11.9 Å². The van der Waals surface area contributed by atoms with Crippen molar-refractivity contribution in [1.29, 1.82) is 0 Å². The second-order valence-corrected chi connectivity index (χ2v) is 20.1. The van der Waals surface area contributed by atoms with Crippen LogP contribution in [0.3, 0.4) is 0 Å². The number of ether oxygens (including phenoxy) is 2. The van der Waals surface area contributed by atoms with Gasteiger partial charge in [0, 0.05) is 0 Å². The lowest BCUT2D eigenvalue weighted by atomic mass is 10.0. The van der Waals surface area contributed by atoms with Gasteiger partial charge in [-0.3, -0.25) is 0 Å². The number of benzene rings is 1. The summed E-state index contributed by atoms with van der Waals surface area (Å²) in [6.07, 6.45) is 54.5. The highest BCUT2D eigenvalue weighted by molar-refractivity contribution is 6.03. The van der Waals surface area contributed by atoms with Crippen molar-refractivity contribution in [2.24, 2.45) is 11.8 Å². The molecule has 2 atom stereocenters. The SMILES string of the molecule is CCCCC(CC)COC(=O)c1ccccc1C(=O)OCC(CC)CCCC.CCCCCCCCCC.CCCCCCCCCC.CCCCCCCCCC.CCCCCCCCCC. The van der Waals surface area contributed by atoms with E-state index in [2.05, 4.69) is 83.1 Å². The molecule has 0 aliphatic carbocycles. The Balaban J connectivity index is -0.000000423. The number of carbonyl (C=O) groups is 2. The van der Waals surface area contributed by atoms with Gasteiger partial charge in [-0.15, -0.1) is 0 Å². The zero-order chi connectivity index (χ0) is 51.4. The maximum Gasteiger partial charge on any atom is 0.339 e. The normalized spacial score (nSPS) is 11.4. The van der Waals surface area contributed by atoms with Crippen LogP contribution < -0.4 is 0 Å². The average Bonchev–Trinajstić information content (AvgIpc) is 3.36. The molecule has 0 heterocycles. The van der Waals surface area contributed by atoms with E-state index in [-0.39, 0.29) is 0 Å². The third-order valence-electron chi connectivity index (χ3n) is 13.2. The van der Waals surface area contributed by atoms with Gasteiger partial charge in [0.1, 0.15) is 0 Å². The first-order valence-electron chi connectivity index (χ1n) is 30.7. The van der Waals surface area contributed by atoms with Crippen molar-refractivity contribution < 1.29 is 19.1 Å². The molecule has 2 unspecified atom stereocenters.